The van der Waals surface area contributed by atoms with Crippen LogP contribution in [0.1, 0.15) is 43.7 Å². The fourth-order valence-corrected chi connectivity index (χ4v) is 2.88. The summed E-state index contributed by atoms with van der Waals surface area (Å²) in [5, 5.41) is 10.1. The van der Waals surface area contributed by atoms with Gasteiger partial charge in [0.1, 0.15) is 0 Å². The minimum Gasteiger partial charge on any atom is -0.505 e. The Kier molecular flexibility index (Phi) is 3.89. The Hall–Kier alpha value is -0.800. The summed E-state index contributed by atoms with van der Waals surface area (Å²) in [6.07, 6.45) is 5.56. The number of benzene rings is 1. The Morgan fingerprint density at radius 2 is 1.94 bits per heavy atom. The first kappa shape index (κ1) is 12.7. The van der Waals surface area contributed by atoms with E-state index in [-0.39, 0.29) is 12.0 Å². The van der Waals surface area contributed by atoms with E-state index in [4.69, 9.17) is 17.3 Å². The maximum absolute atomic E-state index is 13.3. The number of hydrogen-bond acceptors (Lipinski definition) is 2. The summed E-state index contributed by atoms with van der Waals surface area (Å²) in [6, 6.07) is 2.24. The summed E-state index contributed by atoms with van der Waals surface area (Å²) in [7, 11) is 0. The Bertz CT molecular complexity index is 405. The zero-order chi connectivity index (χ0) is 12.4. The van der Waals surface area contributed by atoms with Crippen molar-refractivity contribution < 1.29 is 9.50 Å². The normalized spacial score (nSPS) is 19.2. The van der Waals surface area contributed by atoms with Crippen molar-refractivity contribution in [2.75, 3.05) is 0 Å². The van der Waals surface area contributed by atoms with Crippen LogP contribution in [-0.2, 0) is 0 Å². The van der Waals surface area contributed by atoms with Gasteiger partial charge in [-0.25, -0.2) is 4.39 Å². The summed E-state index contributed by atoms with van der Waals surface area (Å²) in [5.74, 6) is -0.764. The molecule has 0 aromatic heterocycles. The number of rotatable bonds is 2. The van der Waals surface area contributed by atoms with Crippen molar-refractivity contribution in [2.24, 2.45) is 11.7 Å². The van der Waals surface area contributed by atoms with E-state index in [0.29, 0.717) is 10.6 Å². The van der Waals surface area contributed by atoms with E-state index in [0.717, 1.165) is 31.7 Å². The molecular formula is C13H17ClFNO. The number of phenolic OH excluding ortho intramolecular Hbond substituents is 1. The third-order valence-electron chi connectivity index (χ3n) is 3.61. The number of nitrogens with two attached hydrogens (primary N) is 1. The second kappa shape index (κ2) is 5.23. The largest absolute Gasteiger partial charge is 0.505 e. The Morgan fingerprint density at radius 3 is 2.59 bits per heavy atom. The molecule has 0 unspecified atom stereocenters. The maximum Gasteiger partial charge on any atom is 0.165 e. The van der Waals surface area contributed by atoms with Crippen LogP contribution in [0, 0.1) is 11.7 Å². The van der Waals surface area contributed by atoms with Gasteiger partial charge in [-0.2, -0.15) is 0 Å². The van der Waals surface area contributed by atoms with Crippen LogP contribution in [0.3, 0.4) is 0 Å². The van der Waals surface area contributed by atoms with Gasteiger partial charge in [-0.3, -0.25) is 0 Å². The van der Waals surface area contributed by atoms with E-state index in [1.807, 2.05) is 0 Å². The second-order valence-electron chi connectivity index (χ2n) is 4.72. The van der Waals surface area contributed by atoms with Crippen LogP contribution >= 0.6 is 11.6 Å². The van der Waals surface area contributed by atoms with E-state index >= 15 is 0 Å². The van der Waals surface area contributed by atoms with Crippen LogP contribution in [-0.4, -0.2) is 5.11 Å². The number of halogens is 2. The highest BCUT2D eigenvalue weighted by Gasteiger charge is 2.26. The molecule has 0 saturated heterocycles. The molecule has 1 aliphatic carbocycles. The molecule has 2 rings (SSSR count). The minimum atomic E-state index is -0.657. The Morgan fingerprint density at radius 1 is 1.29 bits per heavy atom. The molecule has 1 aromatic rings. The van der Waals surface area contributed by atoms with Gasteiger partial charge in [0, 0.05) is 16.6 Å². The van der Waals surface area contributed by atoms with Crippen molar-refractivity contribution in [1.29, 1.82) is 0 Å². The van der Waals surface area contributed by atoms with Crippen LogP contribution < -0.4 is 5.73 Å². The van der Waals surface area contributed by atoms with E-state index < -0.39 is 11.6 Å². The zero-order valence-corrected chi connectivity index (χ0v) is 10.4. The predicted octanol–water partition coefficient (Wildman–Crippen LogP) is 3.76. The highest BCUT2D eigenvalue weighted by Crippen LogP contribution is 2.40. The smallest absolute Gasteiger partial charge is 0.165 e. The molecule has 0 amide bonds. The minimum absolute atomic E-state index is 0.286. The number of aromatic hydroxyl groups is 1. The zero-order valence-electron chi connectivity index (χ0n) is 9.63. The van der Waals surface area contributed by atoms with Crippen molar-refractivity contribution in [1.82, 2.24) is 0 Å². The number of hydrogen-bond donors (Lipinski definition) is 2. The fraction of sp³-hybridized carbons (Fsp3) is 0.538. The first-order chi connectivity index (χ1) is 8.11. The van der Waals surface area contributed by atoms with Crippen molar-refractivity contribution in [3.8, 4) is 5.75 Å². The van der Waals surface area contributed by atoms with Crippen LogP contribution in [0.4, 0.5) is 4.39 Å². The fourth-order valence-electron chi connectivity index (χ4n) is 2.60. The molecule has 1 aliphatic rings. The average Bonchev–Trinajstić information content (AvgIpc) is 2.35. The van der Waals surface area contributed by atoms with Crippen molar-refractivity contribution in [3.63, 3.8) is 0 Å². The summed E-state index contributed by atoms with van der Waals surface area (Å²) in [4.78, 5) is 0. The van der Waals surface area contributed by atoms with E-state index in [1.54, 1.807) is 0 Å². The Labute approximate surface area is 106 Å². The first-order valence-corrected chi connectivity index (χ1v) is 6.41. The van der Waals surface area contributed by atoms with Crippen molar-refractivity contribution in [2.45, 2.75) is 38.1 Å². The summed E-state index contributed by atoms with van der Waals surface area (Å²) >= 11 is 6.01. The molecule has 1 atom stereocenters. The molecule has 2 nitrogen and oxygen atoms in total. The highest BCUT2D eigenvalue weighted by molar-refractivity contribution is 6.31. The highest BCUT2D eigenvalue weighted by atomic mass is 35.5. The van der Waals surface area contributed by atoms with Crippen molar-refractivity contribution >= 4 is 11.6 Å². The van der Waals surface area contributed by atoms with E-state index in [9.17, 15) is 9.50 Å². The molecule has 17 heavy (non-hydrogen) atoms. The Balaban J connectivity index is 2.29. The van der Waals surface area contributed by atoms with Crippen LogP contribution in [0.25, 0.3) is 0 Å². The van der Waals surface area contributed by atoms with Gasteiger partial charge in [0.2, 0.25) is 0 Å². The molecule has 1 aromatic carbocycles. The lowest BCUT2D eigenvalue weighted by molar-refractivity contribution is 0.301. The molecule has 0 heterocycles. The molecule has 1 fully saturated rings. The third kappa shape index (κ3) is 2.55. The van der Waals surface area contributed by atoms with Gasteiger partial charge >= 0.3 is 0 Å². The van der Waals surface area contributed by atoms with E-state index in [2.05, 4.69) is 0 Å². The molecule has 0 aliphatic heterocycles. The van der Waals surface area contributed by atoms with Crippen LogP contribution in [0.5, 0.6) is 5.75 Å². The topological polar surface area (TPSA) is 46.2 Å². The van der Waals surface area contributed by atoms with Crippen LogP contribution in [0.2, 0.25) is 5.02 Å². The lowest BCUT2D eigenvalue weighted by Gasteiger charge is -2.28. The average molecular weight is 258 g/mol. The van der Waals surface area contributed by atoms with Crippen LogP contribution in [0.15, 0.2) is 12.1 Å². The van der Waals surface area contributed by atoms with Gasteiger partial charge in [-0.1, -0.05) is 30.9 Å². The first-order valence-electron chi connectivity index (χ1n) is 6.03. The lowest BCUT2D eigenvalue weighted by Crippen LogP contribution is -2.24. The number of phenols is 1. The summed E-state index contributed by atoms with van der Waals surface area (Å²) in [5.41, 5.74) is 6.49. The van der Waals surface area contributed by atoms with Gasteiger partial charge < -0.3 is 10.8 Å². The maximum atomic E-state index is 13.3. The predicted molar refractivity (Wildman–Crippen MR) is 66.6 cm³/mol. The molecule has 1 saturated carbocycles. The molecule has 0 bridgehead atoms. The summed E-state index contributed by atoms with van der Waals surface area (Å²) < 4.78 is 13.3. The van der Waals surface area contributed by atoms with Gasteiger partial charge in [0.25, 0.3) is 0 Å². The summed E-state index contributed by atoms with van der Waals surface area (Å²) in [6.45, 7) is 0. The standard InChI is InChI=1S/C13H17ClFNO/c14-9-6-7-10(15)13(17)11(9)12(16)8-4-2-1-3-5-8/h6-8,12,17H,1-5,16H2/t12-/m0/s1. The molecule has 3 N–H and O–H groups in total. The van der Waals surface area contributed by atoms with E-state index in [1.165, 1.54) is 12.5 Å². The molecular weight excluding hydrogens is 241 g/mol. The quantitative estimate of drug-likeness (QED) is 0.847. The lowest BCUT2D eigenvalue weighted by atomic mass is 9.81. The van der Waals surface area contributed by atoms with Gasteiger partial charge in [-0.05, 0) is 30.9 Å². The third-order valence-corrected chi connectivity index (χ3v) is 3.94. The molecule has 94 valence electrons. The molecule has 4 heteroatoms. The van der Waals surface area contributed by atoms with Gasteiger partial charge in [-0.15, -0.1) is 0 Å². The SMILES string of the molecule is N[C@H](c1c(Cl)ccc(F)c1O)C1CCCCC1. The monoisotopic (exact) mass is 257 g/mol. The second-order valence-corrected chi connectivity index (χ2v) is 5.12. The molecule has 0 radical (unpaired) electrons. The van der Waals surface area contributed by atoms with Gasteiger partial charge in [0.15, 0.2) is 11.6 Å². The van der Waals surface area contributed by atoms with Gasteiger partial charge in [0.05, 0.1) is 0 Å². The van der Waals surface area contributed by atoms with Crippen molar-refractivity contribution in [3.05, 3.63) is 28.5 Å². The molecule has 0 spiro atoms.